The van der Waals surface area contributed by atoms with Crippen molar-refractivity contribution in [2.45, 2.75) is 12.7 Å². The smallest absolute Gasteiger partial charge is 0.200 e. The average molecular weight is 245 g/mol. The van der Waals surface area contributed by atoms with Crippen LogP contribution in [0.5, 0.6) is 0 Å². The minimum Gasteiger partial charge on any atom is -0.350 e. The number of nitrogens with zero attached hydrogens (tertiary/aromatic N) is 3. The molecule has 2 aromatic rings. The molecule has 0 aromatic carbocycles. The third-order valence-corrected chi connectivity index (χ3v) is 2.46. The maximum atomic E-state index is 5.16. The number of rotatable bonds is 5. The zero-order valence-electron chi connectivity index (χ0n) is 10.4. The van der Waals surface area contributed by atoms with Crippen LogP contribution in [0.3, 0.4) is 0 Å². The van der Waals surface area contributed by atoms with E-state index < -0.39 is 6.29 Å². The molecule has 0 unspecified atom stereocenters. The summed E-state index contributed by atoms with van der Waals surface area (Å²) in [5, 5.41) is 0. The van der Waals surface area contributed by atoms with Crippen LogP contribution < -0.4 is 0 Å². The van der Waals surface area contributed by atoms with E-state index in [9.17, 15) is 0 Å². The first-order chi connectivity index (χ1) is 8.83. The van der Waals surface area contributed by atoms with Gasteiger partial charge in [-0.25, -0.2) is 9.97 Å². The van der Waals surface area contributed by atoms with Crippen molar-refractivity contribution in [3.63, 3.8) is 0 Å². The third-order valence-electron chi connectivity index (χ3n) is 2.46. The normalized spacial score (nSPS) is 10.8. The highest BCUT2D eigenvalue weighted by Crippen LogP contribution is 2.14. The molecular weight excluding hydrogens is 230 g/mol. The maximum Gasteiger partial charge on any atom is 0.200 e. The topological polar surface area (TPSA) is 57.1 Å². The number of aromatic nitrogens is 3. The van der Waals surface area contributed by atoms with E-state index in [0.717, 1.165) is 5.69 Å². The van der Waals surface area contributed by atoms with Crippen LogP contribution in [0.25, 0.3) is 0 Å². The molecule has 18 heavy (non-hydrogen) atoms. The summed E-state index contributed by atoms with van der Waals surface area (Å²) < 4.78 is 10.3. The first kappa shape index (κ1) is 12.6. The second-order valence-corrected chi connectivity index (χ2v) is 3.70. The zero-order valence-corrected chi connectivity index (χ0v) is 10.4. The molecule has 0 atom stereocenters. The standard InChI is InChI=1S/C13H15N3O2/c1-17-13(18-2)11-6-8-15-12(16-11)9-10-5-3-4-7-14-10/h3-8,13H,9H2,1-2H3. The van der Waals surface area contributed by atoms with Crippen LogP contribution in [0, 0.1) is 0 Å². The summed E-state index contributed by atoms with van der Waals surface area (Å²) in [7, 11) is 3.16. The Hall–Kier alpha value is -1.85. The Kier molecular flexibility index (Phi) is 4.33. The van der Waals surface area contributed by atoms with Gasteiger partial charge >= 0.3 is 0 Å². The van der Waals surface area contributed by atoms with Crippen molar-refractivity contribution in [2.24, 2.45) is 0 Å². The number of hydrogen-bond acceptors (Lipinski definition) is 5. The predicted molar refractivity (Wildman–Crippen MR) is 65.8 cm³/mol. The van der Waals surface area contributed by atoms with Crippen LogP contribution in [0.4, 0.5) is 0 Å². The van der Waals surface area contributed by atoms with Crippen molar-refractivity contribution in [3.8, 4) is 0 Å². The lowest BCUT2D eigenvalue weighted by Crippen LogP contribution is -2.09. The van der Waals surface area contributed by atoms with Gasteiger partial charge in [0.2, 0.25) is 6.29 Å². The van der Waals surface area contributed by atoms with E-state index in [0.29, 0.717) is 17.9 Å². The molecule has 2 rings (SSSR count). The van der Waals surface area contributed by atoms with E-state index in [1.54, 1.807) is 32.7 Å². The maximum absolute atomic E-state index is 5.16. The van der Waals surface area contributed by atoms with E-state index in [-0.39, 0.29) is 0 Å². The van der Waals surface area contributed by atoms with Gasteiger partial charge in [-0.2, -0.15) is 0 Å². The molecule has 94 valence electrons. The fraction of sp³-hybridized carbons (Fsp3) is 0.308. The van der Waals surface area contributed by atoms with Gasteiger partial charge in [-0.05, 0) is 18.2 Å². The minimum atomic E-state index is -0.463. The highest BCUT2D eigenvalue weighted by Gasteiger charge is 2.11. The molecule has 2 aromatic heterocycles. The molecular formula is C13H15N3O2. The highest BCUT2D eigenvalue weighted by atomic mass is 16.7. The van der Waals surface area contributed by atoms with E-state index in [1.807, 2.05) is 18.2 Å². The molecule has 0 radical (unpaired) electrons. The summed E-state index contributed by atoms with van der Waals surface area (Å²) in [6.45, 7) is 0. The Morgan fingerprint density at radius 2 is 1.89 bits per heavy atom. The van der Waals surface area contributed by atoms with Gasteiger partial charge in [-0.15, -0.1) is 0 Å². The molecule has 0 saturated heterocycles. The number of pyridine rings is 1. The summed E-state index contributed by atoms with van der Waals surface area (Å²) in [5.74, 6) is 0.699. The van der Waals surface area contributed by atoms with Gasteiger partial charge in [0, 0.05) is 32.3 Å². The molecule has 0 aliphatic rings. The molecule has 0 aliphatic carbocycles. The van der Waals surface area contributed by atoms with E-state index in [1.165, 1.54) is 0 Å². The van der Waals surface area contributed by atoms with Crippen LogP contribution in [0.2, 0.25) is 0 Å². The van der Waals surface area contributed by atoms with Crippen molar-refractivity contribution >= 4 is 0 Å². The van der Waals surface area contributed by atoms with Gasteiger partial charge in [0.25, 0.3) is 0 Å². The van der Waals surface area contributed by atoms with Crippen molar-refractivity contribution in [3.05, 3.63) is 53.9 Å². The predicted octanol–water partition coefficient (Wildman–Crippen LogP) is 1.75. The molecule has 0 amide bonds. The van der Waals surface area contributed by atoms with E-state index >= 15 is 0 Å². The van der Waals surface area contributed by atoms with Crippen molar-refractivity contribution in [1.82, 2.24) is 15.0 Å². The van der Waals surface area contributed by atoms with Crippen molar-refractivity contribution in [2.75, 3.05) is 14.2 Å². The molecule has 0 bridgehead atoms. The highest BCUT2D eigenvalue weighted by molar-refractivity contribution is 5.12. The van der Waals surface area contributed by atoms with Gasteiger partial charge in [0.15, 0.2) is 0 Å². The summed E-state index contributed by atoms with van der Waals surface area (Å²) >= 11 is 0. The van der Waals surface area contributed by atoms with Crippen LogP contribution in [0.15, 0.2) is 36.7 Å². The van der Waals surface area contributed by atoms with Crippen LogP contribution >= 0.6 is 0 Å². The summed E-state index contributed by atoms with van der Waals surface area (Å²) in [4.78, 5) is 12.9. The second-order valence-electron chi connectivity index (χ2n) is 3.70. The van der Waals surface area contributed by atoms with Gasteiger partial charge < -0.3 is 9.47 Å². The Labute approximate surface area is 106 Å². The van der Waals surface area contributed by atoms with E-state index in [2.05, 4.69) is 15.0 Å². The molecule has 0 N–H and O–H groups in total. The summed E-state index contributed by atoms with van der Waals surface area (Å²) in [6.07, 6.45) is 3.59. The molecule has 5 nitrogen and oxygen atoms in total. The first-order valence-electron chi connectivity index (χ1n) is 5.61. The lowest BCUT2D eigenvalue weighted by atomic mass is 10.2. The number of methoxy groups -OCH3 is 2. The monoisotopic (exact) mass is 245 g/mol. The molecule has 2 heterocycles. The first-order valence-corrected chi connectivity index (χ1v) is 5.61. The van der Waals surface area contributed by atoms with Crippen molar-refractivity contribution < 1.29 is 9.47 Å². The van der Waals surface area contributed by atoms with Gasteiger partial charge in [0.05, 0.1) is 12.1 Å². The largest absolute Gasteiger partial charge is 0.350 e. The van der Waals surface area contributed by atoms with Gasteiger partial charge in [-0.3, -0.25) is 4.98 Å². The Morgan fingerprint density at radius 3 is 2.56 bits per heavy atom. The average Bonchev–Trinajstić information content (AvgIpc) is 2.42. The van der Waals surface area contributed by atoms with Gasteiger partial charge in [-0.1, -0.05) is 6.07 Å². The number of hydrogen-bond donors (Lipinski definition) is 0. The quantitative estimate of drug-likeness (QED) is 0.751. The van der Waals surface area contributed by atoms with E-state index in [4.69, 9.17) is 9.47 Å². The molecule has 0 fully saturated rings. The fourth-order valence-electron chi connectivity index (χ4n) is 1.63. The molecule has 0 saturated carbocycles. The van der Waals surface area contributed by atoms with Crippen molar-refractivity contribution in [1.29, 1.82) is 0 Å². The Bertz CT molecular complexity index is 487. The third kappa shape index (κ3) is 3.09. The fourth-order valence-corrected chi connectivity index (χ4v) is 1.63. The molecule has 0 aliphatic heterocycles. The van der Waals surface area contributed by atoms with Crippen LogP contribution in [-0.4, -0.2) is 29.2 Å². The SMILES string of the molecule is COC(OC)c1ccnc(Cc2ccccn2)n1. The lowest BCUT2D eigenvalue weighted by Gasteiger charge is -2.12. The zero-order chi connectivity index (χ0) is 12.8. The molecule has 5 heteroatoms. The minimum absolute atomic E-state index is 0.463. The summed E-state index contributed by atoms with van der Waals surface area (Å²) in [5.41, 5.74) is 1.64. The number of ether oxygens (including phenoxy) is 2. The Balaban J connectivity index is 2.17. The lowest BCUT2D eigenvalue weighted by molar-refractivity contribution is -0.108. The van der Waals surface area contributed by atoms with Crippen LogP contribution in [-0.2, 0) is 15.9 Å². The van der Waals surface area contributed by atoms with Crippen LogP contribution in [0.1, 0.15) is 23.5 Å². The van der Waals surface area contributed by atoms with Gasteiger partial charge in [0.1, 0.15) is 5.82 Å². The molecule has 0 spiro atoms. The second kappa shape index (κ2) is 6.18. The Morgan fingerprint density at radius 1 is 1.06 bits per heavy atom. The summed E-state index contributed by atoms with van der Waals surface area (Å²) in [6, 6.07) is 7.55.